The SMILES string of the molecule is CCN(C(=O)/C=C/c1c(-c2ccccc2)nc2ccccn12)C(C)c1cccc(-c2nc3ccccn3c2/C=C/C(=O)N2CCOCC2)c1. The first-order valence-corrected chi connectivity index (χ1v) is 16.6. The van der Waals surface area contributed by atoms with Crippen LogP contribution in [0.25, 0.3) is 46.0 Å². The van der Waals surface area contributed by atoms with Crippen LogP contribution in [0.5, 0.6) is 0 Å². The molecule has 1 unspecified atom stereocenters. The Morgan fingerprint density at radius 1 is 0.776 bits per heavy atom. The number of carbonyl (C=O) groups is 2. The van der Waals surface area contributed by atoms with Gasteiger partial charge < -0.3 is 14.5 Å². The smallest absolute Gasteiger partial charge is 0.247 e. The monoisotopic (exact) mass is 650 g/mol. The van der Waals surface area contributed by atoms with E-state index in [2.05, 4.69) is 6.07 Å². The van der Waals surface area contributed by atoms with Gasteiger partial charge in [-0.15, -0.1) is 0 Å². The molecule has 246 valence electrons. The summed E-state index contributed by atoms with van der Waals surface area (Å²) in [7, 11) is 0. The number of morpholine rings is 1. The standard InChI is InChI=1S/C40H38N6O3/c1-3-44(38(48)21-19-33-39(30-12-5-4-6-13-30)41-35-16-7-9-22-45(33)35)29(2)31-14-11-15-32(28-31)40-34(46-23-10-8-17-36(46)42-40)18-20-37(47)43-24-26-49-27-25-43/h4-23,28-29H,3,24-27H2,1-2H3/b20-18+,21-19+. The van der Waals surface area contributed by atoms with Crippen molar-refractivity contribution in [1.29, 1.82) is 0 Å². The summed E-state index contributed by atoms with van der Waals surface area (Å²) in [5.41, 5.74) is 7.73. The molecule has 0 N–H and O–H groups in total. The van der Waals surface area contributed by atoms with Crippen molar-refractivity contribution in [3.63, 3.8) is 0 Å². The highest BCUT2D eigenvalue weighted by atomic mass is 16.5. The van der Waals surface area contributed by atoms with Crippen LogP contribution in [0.4, 0.5) is 0 Å². The van der Waals surface area contributed by atoms with Crippen LogP contribution >= 0.6 is 0 Å². The van der Waals surface area contributed by atoms with Crippen molar-refractivity contribution in [3.8, 4) is 22.5 Å². The molecule has 6 aromatic rings. The van der Waals surface area contributed by atoms with E-state index in [-0.39, 0.29) is 17.9 Å². The number of pyridine rings is 2. The molecule has 0 bridgehead atoms. The van der Waals surface area contributed by atoms with Crippen molar-refractivity contribution in [1.82, 2.24) is 28.6 Å². The molecular weight excluding hydrogens is 612 g/mol. The van der Waals surface area contributed by atoms with Crippen LogP contribution in [0.2, 0.25) is 0 Å². The molecule has 0 radical (unpaired) electrons. The molecule has 2 aromatic carbocycles. The van der Waals surface area contributed by atoms with Crippen molar-refractivity contribution in [2.45, 2.75) is 19.9 Å². The molecule has 9 nitrogen and oxygen atoms in total. The highest BCUT2D eigenvalue weighted by molar-refractivity contribution is 5.94. The largest absolute Gasteiger partial charge is 0.378 e. The van der Waals surface area contributed by atoms with Crippen molar-refractivity contribution in [3.05, 3.63) is 132 Å². The van der Waals surface area contributed by atoms with Gasteiger partial charge >= 0.3 is 0 Å². The van der Waals surface area contributed by atoms with Gasteiger partial charge in [0.05, 0.1) is 42.0 Å². The number of amides is 2. The summed E-state index contributed by atoms with van der Waals surface area (Å²) in [4.78, 5) is 40.3. The first-order valence-electron chi connectivity index (χ1n) is 16.6. The Labute approximate surface area is 285 Å². The molecular formula is C40H38N6O3. The molecule has 1 aliphatic heterocycles. The van der Waals surface area contributed by atoms with E-state index in [0.29, 0.717) is 32.8 Å². The minimum Gasteiger partial charge on any atom is -0.378 e. The lowest BCUT2D eigenvalue weighted by Crippen LogP contribution is -2.39. The number of aromatic nitrogens is 4. The van der Waals surface area contributed by atoms with E-state index < -0.39 is 0 Å². The lowest BCUT2D eigenvalue weighted by Gasteiger charge is -2.27. The summed E-state index contributed by atoms with van der Waals surface area (Å²) < 4.78 is 9.40. The second-order valence-corrected chi connectivity index (χ2v) is 11.9. The minimum absolute atomic E-state index is 0.0486. The average Bonchev–Trinajstić information content (AvgIpc) is 3.72. The molecule has 1 saturated heterocycles. The third kappa shape index (κ3) is 6.53. The molecule has 0 aliphatic carbocycles. The van der Waals surface area contributed by atoms with E-state index in [0.717, 1.165) is 50.8 Å². The van der Waals surface area contributed by atoms with Crippen molar-refractivity contribution in [2.75, 3.05) is 32.8 Å². The van der Waals surface area contributed by atoms with E-state index in [1.165, 1.54) is 0 Å². The topological polar surface area (TPSA) is 84.4 Å². The maximum atomic E-state index is 13.8. The number of imidazole rings is 2. The van der Waals surface area contributed by atoms with Gasteiger partial charge in [-0.3, -0.25) is 18.4 Å². The number of carbonyl (C=O) groups excluding carboxylic acids is 2. The maximum Gasteiger partial charge on any atom is 0.247 e. The normalized spacial score (nSPS) is 14.3. The van der Waals surface area contributed by atoms with Gasteiger partial charge in [-0.2, -0.15) is 0 Å². The van der Waals surface area contributed by atoms with Gasteiger partial charge in [0.15, 0.2) is 0 Å². The van der Waals surface area contributed by atoms with E-state index in [4.69, 9.17) is 14.7 Å². The number of hydrogen-bond donors (Lipinski definition) is 0. The Hall–Kier alpha value is -5.80. The number of ether oxygens (including phenoxy) is 1. The van der Waals surface area contributed by atoms with Gasteiger partial charge in [0.2, 0.25) is 11.8 Å². The molecule has 2 amide bonds. The van der Waals surface area contributed by atoms with Crippen LogP contribution in [0.1, 0.15) is 36.8 Å². The first-order chi connectivity index (χ1) is 24.0. The van der Waals surface area contributed by atoms with Crippen LogP contribution in [0, 0.1) is 0 Å². The third-order valence-corrected chi connectivity index (χ3v) is 9.01. The molecule has 5 heterocycles. The zero-order chi connectivity index (χ0) is 33.7. The fourth-order valence-corrected chi connectivity index (χ4v) is 6.40. The van der Waals surface area contributed by atoms with Gasteiger partial charge in [0.1, 0.15) is 11.3 Å². The number of benzene rings is 2. The Morgan fingerprint density at radius 3 is 2.02 bits per heavy atom. The molecule has 7 rings (SSSR count). The van der Waals surface area contributed by atoms with Gasteiger partial charge in [-0.1, -0.05) is 60.7 Å². The fourth-order valence-electron chi connectivity index (χ4n) is 6.40. The molecule has 0 spiro atoms. The molecule has 4 aromatic heterocycles. The molecule has 0 saturated carbocycles. The third-order valence-electron chi connectivity index (χ3n) is 9.01. The highest BCUT2D eigenvalue weighted by Crippen LogP contribution is 2.30. The average molecular weight is 651 g/mol. The van der Waals surface area contributed by atoms with Gasteiger partial charge in [-0.25, -0.2) is 9.97 Å². The molecule has 1 atom stereocenters. The number of likely N-dealkylation sites (N-methyl/N-ethyl adjacent to an activating group) is 1. The van der Waals surface area contributed by atoms with Crippen LogP contribution < -0.4 is 0 Å². The Balaban J connectivity index is 1.17. The van der Waals surface area contributed by atoms with Gasteiger partial charge in [-0.05, 0) is 61.9 Å². The summed E-state index contributed by atoms with van der Waals surface area (Å²) >= 11 is 0. The van der Waals surface area contributed by atoms with E-state index in [1.54, 1.807) is 17.1 Å². The summed E-state index contributed by atoms with van der Waals surface area (Å²) in [6, 6.07) is 29.7. The molecule has 1 fully saturated rings. The summed E-state index contributed by atoms with van der Waals surface area (Å²) in [6.07, 6.45) is 10.9. The summed E-state index contributed by atoms with van der Waals surface area (Å²) in [5, 5.41) is 0. The lowest BCUT2D eigenvalue weighted by molar-refractivity contribution is -0.130. The second-order valence-electron chi connectivity index (χ2n) is 11.9. The summed E-state index contributed by atoms with van der Waals surface area (Å²) in [6.45, 7) is 6.83. The minimum atomic E-state index is -0.211. The molecule has 1 aliphatic rings. The maximum absolute atomic E-state index is 13.8. The number of nitrogens with zero attached hydrogens (tertiary/aromatic N) is 6. The van der Waals surface area contributed by atoms with E-state index >= 15 is 0 Å². The molecule has 49 heavy (non-hydrogen) atoms. The number of rotatable bonds is 9. The van der Waals surface area contributed by atoms with Crippen LogP contribution in [-0.2, 0) is 14.3 Å². The van der Waals surface area contributed by atoms with E-state index in [1.807, 2.05) is 137 Å². The zero-order valence-corrected chi connectivity index (χ0v) is 27.6. The van der Waals surface area contributed by atoms with Crippen molar-refractivity contribution in [2.24, 2.45) is 0 Å². The summed E-state index contributed by atoms with van der Waals surface area (Å²) in [5.74, 6) is -0.143. The van der Waals surface area contributed by atoms with Gasteiger partial charge in [0.25, 0.3) is 0 Å². The van der Waals surface area contributed by atoms with Gasteiger partial charge in [0, 0.05) is 55.3 Å². The second kappa shape index (κ2) is 14.1. The Morgan fingerprint density at radius 2 is 1.37 bits per heavy atom. The number of hydrogen-bond acceptors (Lipinski definition) is 5. The lowest BCUT2D eigenvalue weighted by atomic mass is 10.0. The Bertz CT molecular complexity index is 2170. The quantitative estimate of drug-likeness (QED) is 0.161. The van der Waals surface area contributed by atoms with Crippen LogP contribution in [0.15, 0.2) is 116 Å². The van der Waals surface area contributed by atoms with Crippen LogP contribution in [0.3, 0.4) is 0 Å². The highest BCUT2D eigenvalue weighted by Gasteiger charge is 2.21. The fraction of sp³-hybridized carbons (Fsp3) is 0.200. The molecule has 9 heteroatoms. The predicted octanol–water partition coefficient (Wildman–Crippen LogP) is 6.81. The van der Waals surface area contributed by atoms with Crippen LogP contribution in [-0.4, -0.2) is 73.2 Å². The van der Waals surface area contributed by atoms with Crippen molar-refractivity contribution < 1.29 is 14.3 Å². The predicted molar refractivity (Wildman–Crippen MR) is 193 cm³/mol. The Kier molecular flexibility index (Phi) is 9.16. The first kappa shape index (κ1) is 31.8. The van der Waals surface area contributed by atoms with E-state index in [9.17, 15) is 9.59 Å². The number of fused-ring (bicyclic) bond motifs is 2. The zero-order valence-electron chi connectivity index (χ0n) is 27.6. The van der Waals surface area contributed by atoms with Crippen molar-refractivity contribution >= 4 is 35.3 Å².